The zero-order valence-electron chi connectivity index (χ0n) is 11.5. The summed E-state index contributed by atoms with van der Waals surface area (Å²) in [4.78, 5) is 12.8. The number of nitrogens with one attached hydrogen (secondary N) is 3. The second kappa shape index (κ2) is 5.54. The first-order chi connectivity index (χ1) is 9.72. The van der Waals surface area contributed by atoms with Crippen molar-refractivity contribution in [3.63, 3.8) is 0 Å². The van der Waals surface area contributed by atoms with Crippen LogP contribution < -0.4 is 16.0 Å². The van der Waals surface area contributed by atoms with Gasteiger partial charge in [0.25, 0.3) is 0 Å². The van der Waals surface area contributed by atoms with Gasteiger partial charge in [-0.2, -0.15) is 0 Å². The van der Waals surface area contributed by atoms with Crippen LogP contribution in [0.3, 0.4) is 0 Å². The van der Waals surface area contributed by atoms with Crippen molar-refractivity contribution in [2.24, 2.45) is 10.9 Å². The highest BCUT2D eigenvalue weighted by molar-refractivity contribution is 6.29. The quantitative estimate of drug-likeness (QED) is 0.766. The summed E-state index contributed by atoms with van der Waals surface area (Å²) in [6.45, 7) is 5.08. The minimum absolute atomic E-state index is 0.0369. The van der Waals surface area contributed by atoms with Gasteiger partial charge in [0.15, 0.2) is 11.8 Å². The summed E-state index contributed by atoms with van der Waals surface area (Å²) in [5, 5.41) is 10.6. The molecule has 0 aromatic carbocycles. The molecule has 0 radical (unpaired) electrons. The van der Waals surface area contributed by atoms with Crippen LogP contribution >= 0.6 is 11.6 Å². The largest absolute Gasteiger partial charge is 0.347 e. The number of anilines is 1. The minimum atomic E-state index is 0.0369. The molecule has 20 heavy (non-hydrogen) atoms. The molecule has 108 valence electrons. The standard InChI is InChI=1S/C13H19ClN6/c1-2-9-3-4-15-7-13(9)8-18-12(20-13)19-11-6-16-10(14)5-17-11/h5-6,9,15H,2-4,7-8H2,1H3,(H2,17,18,19,20). The lowest BCUT2D eigenvalue weighted by Crippen LogP contribution is -2.62. The Hall–Kier alpha value is -1.40. The van der Waals surface area contributed by atoms with Crippen molar-refractivity contribution in [2.45, 2.75) is 25.3 Å². The molecule has 0 saturated carbocycles. The second-order valence-corrected chi connectivity index (χ2v) is 5.75. The molecule has 2 aliphatic heterocycles. The first-order valence-corrected chi connectivity index (χ1v) is 7.37. The molecule has 1 aromatic heterocycles. The molecule has 6 nitrogen and oxygen atoms in total. The number of nitrogens with zero attached hydrogens (tertiary/aromatic N) is 3. The maximum Gasteiger partial charge on any atom is 0.197 e. The smallest absolute Gasteiger partial charge is 0.197 e. The Kier molecular flexibility index (Phi) is 3.76. The predicted octanol–water partition coefficient (Wildman–Crippen LogP) is 1.26. The van der Waals surface area contributed by atoms with Crippen LogP contribution in [-0.4, -0.2) is 41.1 Å². The van der Waals surface area contributed by atoms with E-state index in [1.165, 1.54) is 12.6 Å². The lowest BCUT2D eigenvalue weighted by molar-refractivity contribution is 0.194. The Labute approximate surface area is 123 Å². The number of rotatable bonds is 2. The number of halogens is 1. The van der Waals surface area contributed by atoms with Gasteiger partial charge in [0.2, 0.25) is 0 Å². The van der Waals surface area contributed by atoms with Crippen LogP contribution in [-0.2, 0) is 0 Å². The summed E-state index contributed by atoms with van der Waals surface area (Å²) in [6.07, 6.45) is 5.48. The summed E-state index contributed by atoms with van der Waals surface area (Å²) in [5.74, 6) is 2.06. The molecular weight excluding hydrogens is 276 g/mol. The molecule has 2 atom stereocenters. The van der Waals surface area contributed by atoms with E-state index >= 15 is 0 Å². The van der Waals surface area contributed by atoms with Crippen molar-refractivity contribution in [3.05, 3.63) is 17.5 Å². The van der Waals surface area contributed by atoms with Gasteiger partial charge in [-0.3, -0.25) is 4.99 Å². The molecular formula is C13H19ClN6. The van der Waals surface area contributed by atoms with Crippen LogP contribution in [0.25, 0.3) is 0 Å². The van der Waals surface area contributed by atoms with E-state index in [4.69, 9.17) is 11.6 Å². The van der Waals surface area contributed by atoms with Crippen LogP contribution in [0.5, 0.6) is 0 Å². The van der Waals surface area contributed by atoms with E-state index in [0.29, 0.717) is 16.9 Å². The molecule has 7 heteroatoms. The predicted molar refractivity (Wildman–Crippen MR) is 80.1 cm³/mol. The third-order valence-corrected chi connectivity index (χ3v) is 4.33. The summed E-state index contributed by atoms with van der Waals surface area (Å²) >= 11 is 5.73. The summed E-state index contributed by atoms with van der Waals surface area (Å²) in [5.41, 5.74) is 0.0369. The average Bonchev–Trinajstić information content (AvgIpc) is 2.85. The first-order valence-electron chi connectivity index (χ1n) is 7.00. The van der Waals surface area contributed by atoms with Gasteiger partial charge in [-0.25, -0.2) is 9.97 Å². The van der Waals surface area contributed by atoms with E-state index in [1.54, 1.807) is 6.20 Å². The third kappa shape index (κ3) is 2.58. The van der Waals surface area contributed by atoms with Crippen LogP contribution in [0.4, 0.5) is 5.82 Å². The normalized spacial score (nSPS) is 29.1. The monoisotopic (exact) mass is 294 g/mol. The van der Waals surface area contributed by atoms with E-state index in [1.807, 2.05) is 0 Å². The van der Waals surface area contributed by atoms with Gasteiger partial charge in [0, 0.05) is 6.54 Å². The Morgan fingerprint density at radius 1 is 1.45 bits per heavy atom. The molecule has 3 rings (SSSR count). The maximum absolute atomic E-state index is 5.73. The van der Waals surface area contributed by atoms with Crippen molar-refractivity contribution in [2.75, 3.05) is 25.0 Å². The number of hydrogen-bond acceptors (Lipinski definition) is 6. The molecule has 2 unspecified atom stereocenters. The zero-order chi connectivity index (χ0) is 14.0. The molecule has 1 spiro atoms. The summed E-state index contributed by atoms with van der Waals surface area (Å²) < 4.78 is 0. The molecule has 1 aromatic rings. The van der Waals surface area contributed by atoms with Crippen molar-refractivity contribution >= 4 is 23.4 Å². The van der Waals surface area contributed by atoms with E-state index in [0.717, 1.165) is 32.0 Å². The molecule has 3 heterocycles. The van der Waals surface area contributed by atoms with Gasteiger partial charge < -0.3 is 16.0 Å². The Balaban J connectivity index is 1.67. The fourth-order valence-corrected chi connectivity index (χ4v) is 3.14. The number of hydrogen-bond donors (Lipinski definition) is 3. The van der Waals surface area contributed by atoms with E-state index < -0.39 is 0 Å². The first kappa shape index (κ1) is 13.6. The van der Waals surface area contributed by atoms with Crippen LogP contribution in [0.2, 0.25) is 5.15 Å². The van der Waals surface area contributed by atoms with E-state index in [-0.39, 0.29) is 5.54 Å². The number of aromatic nitrogens is 2. The third-order valence-electron chi connectivity index (χ3n) is 4.14. The van der Waals surface area contributed by atoms with Gasteiger partial charge in [-0.05, 0) is 18.9 Å². The average molecular weight is 295 g/mol. The van der Waals surface area contributed by atoms with Gasteiger partial charge >= 0.3 is 0 Å². The maximum atomic E-state index is 5.73. The van der Waals surface area contributed by atoms with Gasteiger partial charge in [-0.15, -0.1) is 0 Å². The highest BCUT2D eigenvalue weighted by Crippen LogP contribution is 2.29. The number of piperidine rings is 1. The Bertz CT molecular complexity index is 502. The molecule has 0 bridgehead atoms. The van der Waals surface area contributed by atoms with Crippen molar-refractivity contribution in [1.82, 2.24) is 20.6 Å². The number of aliphatic imine (C=N–C) groups is 1. The number of guanidine groups is 1. The Morgan fingerprint density at radius 3 is 3.10 bits per heavy atom. The fourth-order valence-electron chi connectivity index (χ4n) is 3.04. The summed E-state index contributed by atoms with van der Waals surface area (Å²) in [7, 11) is 0. The minimum Gasteiger partial charge on any atom is -0.347 e. The van der Waals surface area contributed by atoms with Crippen LogP contribution in [0.15, 0.2) is 17.4 Å². The van der Waals surface area contributed by atoms with Crippen LogP contribution in [0, 0.1) is 5.92 Å². The van der Waals surface area contributed by atoms with Crippen molar-refractivity contribution in [1.29, 1.82) is 0 Å². The van der Waals surface area contributed by atoms with Gasteiger partial charge in [0.05, 0.1) is 24.5 Å². The molecule has 3 N–H and O–H groups in total. The Morgan fingerprint density at radius 2 is 2.35 bits per heavy atom. The second-order valence-electron chi connectivity index (χ2n) is 5.37. The zero-order valence-corrected chi connectivity index (χ0v) is 12.2. The van der Waals surface area contributed by atoms with E-state index in [2.05, 4.69) is 37.8 Å². The SMILES string of the molecule is CCC1CCNCC12CN=C(Nc1cnc(Cl)cn1)N2. The molecule has 1 fully saturated rings. The lowest BCUT2D eigenvalue weighted by atomic mass is 9.78. The lowest BCUT2D eigenvalue weighted by Gasteiger charge is -2.41. The highest BCUT2D eigenvalue weighted by Gasteiger charge is 2.43. The molecule has 1 saturated heterocycles. The van der Waals surface area contributed by atoms with Crippen molar-refractivity contribution in [3.8, 4) is 0 Å². The van der Waals surface area contributed by atoms with Crippen LogP contribution in [0.1, 0.15) is 19.8 Å². The van der Waals surface area contributed by atoms with Gasteiger partial charge in [-0.1, -0.05) is 24.9 Å². The highest BCUT2D eigenvalue weighted by atomic mass is 35.5. The van der Waals surface area contributed by atoms with E-state index in [9.17, 15) is 0 Å². The fraction of sp³-hybridized carbons (Fsp3) is 0.615. The summed E-state index contributed by atoms with van der Waals surface area (Å²) in [6, 6.07) is 0. The van der Waals surface area contributed by atoms with Crippen molar-refractivity contribution < 1.29 is 0 Å². The molecule has 2 aliphatic rings. The molecule has 0 amide bonds. The topological polar surface area (TPSA) is 74.2 Å². The molecule has 0 aliphatic carbocycles. The van der Waals surface area contributed by atoms with Gasteiger partial charge in [0.1, 0.15) is 5.15 Å².